The Kier molecular flexibility index (Phi) is 63.5. The zero-order chi connectivity index (χ0) is 55.0. The Bertz CT molecular complexity index is 1270. The van der Waals surface area contributed by atoms with Gasteiger partial charge in [-0.05, 0) is 89.9 Å². The van der Waals surface area contributed by atoms with E-state index in [0.29, 0.717) is 19.4 Å². The molecule has 2 unspecified atom stereocenters. The van der Waals surface area contributed by atoms with Gasteiger partial charge in [-0.3, -0.25) is 9.59 Å². The van der Waals surface area contributed by atoms with Crippen LogP contribution in [-0.4, -0.2) is 47.4 Å². The van der Waals surface area contributed by atoms with Crippen LogP contribution in [0.3, 0.4) is 0 Å². The molecule has 0 fully saturated rings. The lowest BCUT2D eigenvalue weighted by atomic mass is 10.0. The second-order valence-corrected chi connectivity index (χ2v) is 23.1. The standard InChI is InChI=1S/C70H131NO5/c1-3-5-7-9-11-13-15-17-19-30-34-38-42-46-50-54-58-62-68(73)67(66-72)71-69(74)63-59-55-51-47-43-39-35-32-28-26-24-22-21-23-25-27-29-33-37-41-45-49-53-57-61-65-76-70(75)64-60-56-52-48-44-40-36-31-20-18-16-14-12-10-8-6-4-2/h12,14,18,20,22,24,58,62,67-68,72-73H,3-11,13,15-17,19,21,23,25-57,59-61,63-66H2,1-2H3,(H,71,74)/b14-12-,20-18-,24-22-,62-58+. The molecule has 0 aromatic carbocycles. The topological polar surface area (TPSA) is 95.9 Å². The molecule has 1 amide bonds. The van der Waals surface area contributed by atoms with Gasteiger partial charge < -0.3 is 20.3 Å². The lowest BCUT2D eigenvalue weighted by Crippen LogP contribution is -2.45. The van der Waals surface area contributed by atoms with E-state index in [1.54, 1.807) is 6.08 Å². The molecule has 0 heterocycles. The van der Waals surface area contributed by atoms with E-state index in [0.717, 1.165) is 51.4 Å². The van der Waals surface area contributed by atoms with Crippen LogP contribution >= 0.6 is 0 Å². The maximum Gasteiger partial charge on any atom is 0.305 e. The van der Waals surface area contributed by atoms with Gasteiger partial charge in [-0.1, -0.05) is 306 Å². The molecule has 0 saturated heterocycles. The summed E-state index contributed by atoms with van der Waals surface area (Å²) in [6, 6.07) is -0.631. The van der Waals surface area contributed by atoms with Gasteiger partial charge in [-0.2, -0.15) is 0 Å². The predicted octanol–water partition coefficient (Wildman–Crippen LogP) is 21.7. The fraction of sp³-hybridized carbons (Fsp3) is 0.857. The second-order valence-electron chi connectivity index (χ2n) is 23.1. The highest BCUT2D eigenvalue weighted by Gasteiger charge is 2.18. The number of ether oxygens (including phenoxy) is 1. The minimum Gasteiger partial charge on any atom is -0.466 e. The third kappa shape index (κ3) is 61.0. The van der Waals surface area contributed by atoms with Crippen LogP contribution in [0.15, 0.2) is 48.6 Å². The molecule has 0 rings (SSSR count). The van der Waals surface area contributed by atoms with Gasteiger partial charge in [0.25, 0.3) is 0 Å². The fourth-order valence-electron chi connectivity index (χ4n) is 10.4. The summed E-state index contributed by atoms with van der Waals surface area (Å²) < 4.78 is 5.49. The van der Waals surface area contributed by atoms with Gasteiger partial charge in [-0.25, -0.2) is 0 Å². The van der Waals surface area contributed by atoms with Gasteiger partial charge in [0, 0.05) is 12.8 Å². The first-order valence-corrected chi connectivity index (χ1v) is 33.9. The molecule has 0 spiro atoms. The van der Waals surface area contributed by atoms with Crippen molar-refractivity contribution in [2.45, 2.75) is 373 Å². The summed E-state index contributed by atoms with van der Waals surface area (Å²) in [4.78, 5) is 24.6. The van der Waals surface area contributed by atoms with Crippen LogP contribution in [-0.2, 0) is 14.3 Å². The fourth-order valence-corrected chi connectivity index (χ4v) is 10.4. The first-order valence-electron chi connectivity index (χ1n) is 33.9. The molecule has 0 aliphatic rings. The number of aliphatic hydroxyl groups excluding tert-OH is 2. The van der Waals surface area contributed by atoms with E-state index >= 15 is 0 Å². The molecule has 0 aromatic heterocycles. The smallest absolute Gasteiger partial charge is 0.305 e. The van der Waals surface area contributed by atoms with Crippen molar-refractivity contribution >= 4 is 11.9 Å². The number of unbranched alkanes of at least 4 members (excludes halogenated alkanes) is 46. The lowest BCUT2D eigenvalue weighted by Gasteiger charge is -2.20. The Morgan fingerprint density at radius 1 is 0.368 bits per heavy atom. The summed E-state index contributed by atoms with van der Waals surface area (Å²) in [5, 5.41) is 23.2. The van der Waals surface area contributed by atoms with Crippen LogP contribution < -0.4 is 5.32 Å². The van der Waals surface area contributed by atoms with Crippen molar-refractivity contribution in [1.82, 2.24) is 5.32 Å². The quantitative estimate of drug-likeness (QED) is 0.0320. The number of rotatable bonds is 63. The Morgan fingerprint density at radius 2 is 0.658 bits per heavy atom. The summed E-state index contributed by atoms with van der Waals surface area (Å²) in [5.41, 5.74) is 0. The van der Waals surface area contributed by atoms with Crippen molar-refractivity contribution in [2.75, 3.05) is 13.2 Å². The summed E-state index contributed by atoms with van der Waals surface area (Å²) in [7, 11) is 0. The zero-order valence-corrected chi connectivity index (χ0v) is 51.0. The highest BCUT2D eigenvalue weighted by atomic mass is 16.5. The van der Waals surface area contributed by atoms with Gasteiger partial charge in [-0.15, -0.1) is 0 Å². The molecule has 76 heavy (non-hydrogen) atoms. The van der Waals surface area contributed by atoms with E-state index in [4.69, 9.17) is 4.74 Å². The number of amides is 1. The highest BCUT2D eigenvalue weighted by Crippen LogP contribution is 2.17. The van der Waals surface area contributed by atoms with Gasteiger partial charge in [0.05, 0.1) is 25.4 Å². The summed E-state index contributed by atoms with van der Waals surface area (Å²) in [6.45, 7) is 4.89. The minimum absolute atomic E-state index is 0.00528. The summed E-state index contributed by atoms with van der Waals surface area (Å²) in [6.07, 6.45) is 84.5. The van der Waals surface area contributed by atoms with Gasteiger partial charge >= 0.3 is 5.97 Å². The van der Waals surface area contributed by atoms with Crippen LogP contribution in [0, 0.1) is 0 Å². The molecule has 0 saturated carbocycles. The minimum atomic E-state index is -0.847. The van der Waals surface area contributed by atoms with E-state index in [1.165, 1.54) is 283 Å². The first kappa shape index (κ1) is 73.8. The molecule has 3 N–H and O–H groups in total. The lowest BCUT2D eigenvalue weighted by molar-refractivity contribution is -0.143. The zero-order valence-electron chi connectivity index (χ0n) is 51.0. The first-order chi connectivity index (χ1) is 37.5. The SMILES string of the molecule is CCCCC/C=C\C/C=C\CCCCCCCCCC(=O)OCCCCCCCCCCCCCC/C=C\CCCCCCCCCCCC(=O)NC(CO)C(O)/C=C/CCCCCCCCCCCCCCCCC. The second kappa shape index (κ2) is 65.3. The predicted molar refractivity (Wildman–Crippen MR) is 333 cm³/mol. The van der Waals surface area contributed by atoms with E-state index < -0.39 is 12.1 Å². The molecule has 6 heteroatoms. The Balaban J connectivity index is 3.42. The van der Waals surface area contributed by atoms with Crippen molar-refractivity contribution in [3.63, 3.8) is 0 Å². The van der Waals surface area contributed by atoms with Crippen LogP contribution in [0.4, 0.5) is 0 Å². The number of carbonyl (C=O) groups excluding carboxylic acids is 2. The van der Waals surface area contributed by atoms with Crippen molar-refractivity contribution in [3.05, 3.63) is 48.6 Å². The number of esters is 1. The van der Waals surface area contributed by atoms with Crippen LogP contribution in [0.25, 0.3) is 0 Å². The molecular formula is C70H131NO5. The Morgan fingerprint density at radius 3 is 1.04 bits per heavy atom. The van der Waals surface area contributed by atoms with E-state index in [1.807, 2.05) is 6.08 Å². The molecule has 2 atom stereocenters. The molecule has 0 aromatic rings. The third-order valence-corrected chi connectivity index (χ3v) is 15.6. The number of nitrogens with one attached hydrogen (secondary N) is 1. The van der Waals surface area contributed by atoms with Crippen LogP contribution in [0.1, 0.15) is 361 Å². The number of hydrogen-bond acceptors (Lipinski definition) is 5. The Hall–Kier alpha value is -2.18. The normalized spacial score (nSPS) is 12.8. The molecule has 446 valence electrons. The number of hydrogen-bond donors (Lipinski definition) is 3. The van der Waals surface area contributed by atoms with Crippen LogP contribution in [0.5, 0.6) is 0 Å². The van der Waals surface area contributed by atoms with Gasteiger partial charge in [0.15, 0.2) is 0 Å². The third-order valence-electron chi connectivity index (χ3n) is 15.6. The average molecular weight is 1070 g/mol. The van der Waals surface area contributed by atoms with Crippen molar-refractivity contribution in [2.24, 2.45) is 0 Å². The molecule has 0 aliphatic heterocycles. The summed E-state index contributed by atoms with van der Waals surface area (Å²) >= 11 is 0. The van der Waals surface area contributed by atoms with Crippen molar-refractivity contribution in [3.8, 4) is 0 Å². The molecular weight excluding hydrogens is 935 g/mol. The van der Waals surface area contributed by atoms with Crippen LogP contribution in [0.2, 0.25) is 0 Å². The molecule has 0 bridgehead atoms. The molecule has 6 nitrogen and oxygen atoms in total. The Labute approximate surface area is 474 Å². The number of carbonyl (C=O) groups is 2. The van der Waals surface area contributed by atoms with Crippen molar-refractivity contribution in [1.29, 1.82) is 0 Å². The van der Waals surface area contributed by atoms with E-state index in [2.05, 4.69) is 55.6 Å². The van der Waals surface area contributed by atoms with E-state index in [9.17, 15) is 19.8 Å². The monoisotopic (exact) mass is 1070 g/mol. The van der Waals surface area contributed by atoms with E-state index in [-0.39, 0.29) is 18.5 Å². The maximum atomic E-state index is 12.5. The largest absolute Gasteiger partial charge is 0.466 e. The number of aliphatic hydroxyl groups is 2. The number of allylic oxidation sites excluding steroid dienone is 7. The molecule has 0 radical (unpaired) electrons. The maximum absolute atomic E-state index is 12.5. The van der Waals surface area contributed by atoms with Gasteiger partial charge in [0.1, 0.15) is 0 Å². The highest BCUT2D eigenvalue weighted by molar-refractivity contribution is 5.76. The van der Waals surface area contributed by atoms with Crippen molar-refractivity contribution < 1.29 is 24.5 Å². The average Bonchev–Trinajstić information content (AvgIpc) is 3.42. The molecule has 0 aliphatic carbocycles. The summed E-state index contributed by atoms with van der Waals surface area (Å²) in [5.74, 6) is -0.0640. The van der Waals surface area contributed by atoms with Gasteiger partial charge in [0.2, 0.25) is 5.91 Å².